The summed E-state index contributed by atoms with van der Waals surface area (Å²) in [5, 5.41) is 0. The first-order valence-corrected chi connectivity index (χ1v) is 6.49. The highest BCUT2D eigenvalue weighted by Gasteiger charge is 2.39. The third-order valence-electron chi connectivity index (χ3n) is 3.12. The summed E-state index contributed by atoms with van der Waals surface area (Å²) >= 11 is 0. The van der Waals surface area contributed by atoms with Crippen LogP contribution in [0.5, 0.6) is 0 Å². The van der Waals surface area contributed by atoms with Crippen molar-refractivity contribution in [3.05, 3.63) is 39.9 Å². The predicted molar refractivity (Wildman–Crippen MR) is 78.1 cm³/mol. The van der Waals surface area contributed by atoms with Crippen LogP contribution in [0.1, 0.15) is 47.8 Å². The molecule has 0 fully saturated rings. The van der Waals surface area contributed by atoms with Crippen LogP contribution in [-0.4, -0.2) is 22.1 Å². The van der Waals surface area contributed by atoms with Gasteiger partial charge in [0.15, 0.2) is 0 Å². The molecule has 4 heteroatoms. The average Bonchev–Trinajstić information content (AvgIpc) is 2.26. The van der Waals surface area contributed by atoms with E-state index >= 15 is 0 Å². The predicted octanol–water partition coefficient (Wildman–Crippen LogP) is 3.08. The van der Waals surface area contributed by atoms with Crippen molar-refractivity contribution in [3.8, 4) is 0 Å². The van der Waals surface area contributed by atoms with Gasteiger partial charge < -0.3 is 5.53 Å². The van der Waals surface area contributed by atoms with Gasteiger partial charge in [-0.15, -0.1) is 0 Å². The van der Waals surface area contributed by atoms with Crippen LogP contribution in [0.4, 0.5) is 0 Å². The molecule has 0 amide bonds. The average molecular weight is 272 g/mol. The molecule has 0 N–H and O–H groups in total. The molecule has 1 rings (SSSR count). The topological polar surface area (TPSA) is 70.5 Å². The molecule has 0 radical (unpaired) electrons. The van der Waals surface area contributed by atoms with Crippen molar-refractivity contribution < 1.29 is 14.4 Å². The number of nitrogens with zero attached hydrogens (tertiary/aromatic N) is 2. The number of carbonyl (C=O) groups is 2. The lowest BCUT2D eigenvalue weighted by Gasteiger charge is -2.14. The van der Waals surface area contributed by atoms with Gasteiger partial charge in [0.2, 0.25) is 0 Å². The maximum absolute atomic E-state index is 12.5. The summed E-state index contributed by atoms with van der Waals surface area (Å²) in [6.45, 7) is 10.6. The van der Waals surface area contributed by atoms with E-state index in [0.29, 0.717) is 5.56 Å². The van der Waals surface area contributed by atoms with Crippen molar-refractivity contribution in [3.63, 3.8) is 0 Å². The lowest BCUT2D eigenvalue weighted by atomic mass is 9.84. The van der Waals surface area contributed by atoms with Crippen molar-refractivity contribution in [1.82, 2.24) is 0 Å². The summed E-state index contributed by atoms with van der Waals surface area (Å²) in [5.74, 6) is -0.994. The minimum Gasteiger partial charge on any atom is -0.360 e. The second-order valence-electron chi connectivity index (χ2n) is 6.13. The highest BCUT2D eigenvalue weighted by molar-refractivity contribution is 6.68. The Labute approximate surface area is 119 Å². The van der Waals surface area contributed by atoms with Gasteiger partial charge in [-0.25, -0.2) is 0 Å². The SMILES string of the molecule is Cc1cc(C)c(C(=O)C(=[N+]=[N-])C(=O)C(C)(C)C)c(C)c1. The summed E-state index contributed by atoms with van der Waals surface area (Å²) < 4.78 is 0. The molecule has 0 aliphatic rings. The summed E-state index contributed by atoms with van der Waals surface area (Å²) in [6, 6.07) is 3.74. The Morgan fingerprint density at radius 3 is 1.85 bits per heavy atom. The monoisotopic (exact) mass is 272 g/mol. The van der Waals surface area contributed by atoms with E-state index < -0.39 is 22.7 Å². The number of carbonyl (C=O) groups excluding carboxylic acids is 2. The van der Waals surface area contributed by atoms with Crippen LogP contribution >= 0.6 is 0 Å². The molecule has 0 saturated carbocycles. The van der Waals surface area contributed by atoms with Crippen molar-refractivity contribution >= 4 is 17.3 Å². The normalized spacial score (nSPS) is 10.9. The van der Waals surface area contributed by atoms with E-state index in [-0.39, 0.29) is 0 Å². The molecule has 0 heterocycles. The molecule has 1 aromatic carbocycles. The first-order chi connectivity index (χ1) is 9.09. The van der Waals surface area contributed by atoms with Crippen LogP contribution in [0.15, 0.2) is 12.1 Å². The van der Waals surface area contributed by atoms with Gasteiger partial charge in [0.25, 0.3) is 11.6 Å². The van der Waals surface area contributed by atoms with Crippen LogP contribution in [-0.2, 0) is 4.79 Å². The standard InChI is InChI=1S/C16H20N2O2/c1-9-7-10(2)12(11(3)8-9)14(19)13(18-17)15(20)16(4,5)6/h7-8H,1-6H3. The molecular weight excluding hydrogens is 252 g/mol. The van der Waals surface area contributed by atoms with Crippen molar-refractivity contribution in [2.24, 2.45) is 5.41 Å². The van der Waals surface area contributed by atoms with Crippen LogP contribution < -0.4 is 0 Å². The molecule has 1 aromatic rings. The molecule has 0 saturated heterocycles. The first-order valence-electron chi connectivity index (χ1n) is 6.49. The molecule has 0 aliphatic carbocycles. The van der Waals surface area contributed by atoms with Gasteiger partial charge >= 0.3 is 5.71 Å². The fourth-order valence-electron chi connectivity index (χ4n) is 2.21. The number of aryl methyl sites for hydroxylation is 3. The van der Waals surface area contributed by atoms with Gasteiger partial charge in [0, 0.05) is 11.0 Å². The Balaban J connectivity index is 3.39. The van der Waals surface area contributed by atoms with Gasteiger partial charge in [0.1, 0.15) is 0 Å². The Bertz CT molecular complexity index is 607. The zero-order valence-corrected chi connectivity index (χ0v) is 12.9. The zero-order chi connectivity index (χ0) is 15.7. The van der Waals surface area contributed by atoms with Gasteiger partial charge in [-0.1, -0.05) is 38.5 Å². The number of rotatable bonds is 3. The lowest BCUT2D eigenvalue weighted by Crippen LogP contribution is -2.35. The Morgan fingerprint density at radius 2 is 1.50 bits per heavy atom. The molecule has 0 bridgehead atoms. The zero-order valence-electron chi connectivity index (χ0n) is 12.9. The summed E-state index contributed by atoms with van der Waals surface area (Å²) in [6.07, 6.45) is 0. The van der Waals surface area contributed by atoms with E-state index in [1.165, 1.54) is 0 Å². The van der Waals surface area contributed by atoms with E-state index in [4.69, 9.17) is 5.53 Å². The van der Waals surface area contributed by atoms with E-state index in [1.54, 1.807) is 20.8 Å². The molecular formula is C16H20N2O2. The summed E-state index contributed by atoms with van der Waals surface area (Å²) in [4.78, 5) is 27.6. The fourth-order valence-corrected chi connectivity index (χ4v) is 2.21. The van der Waals surface area contributed by atoms with E-state index in [1.807, 2.05) is 32.9 Å². The van der Waals surface area contributed by atoms with E-state index in [0.717, 1.165) is 16.7 Å². The molecule has 0 spiro atoms. The Hall–Kier alpha value is -2.06. The highest BCUT2D eigenvalue weighted by atomic mass is 16.2. The van der Waals surface area contributed by atoms with Crippen molar-refractivity contribution in [2.75, 3.05) is 0 Å². The molecule has 0 aromatic heterocycles. The minimum atomic E-state index is -0.774. The van der Waals surface area contributed by atoms with Gasteiger partial charge in [-0.3, -0.25) is 9.59 Å². The van der Waals surface area contributed by atoms with Crippen molar-refractivity contribution in [1.29, 1.82) is 0 Å². The third kappa shape index (κ3) is 3.09. The lowest BCUT2D eigenvalue weighted by molar-refractivity contribution is -0.123. The number of hydrogen-bond donors (Lipinski definition) is 0. The third-order valence-corrected chi connectivity index (χ3v) is 3.12. The minimum absolute atomic E-state index is 0.410. The quantitative estimate of drug-likeness (QED) is 0.279. The molecule has 20 heavy (non-hydrogen) atoms. The Kier molecular flexibility index (Phi) is 4.41. The number of Topliss-reactive ketones (excluding diaryl/α,β-unsaturated/α-hetero) is 2. The van der Waals surface area contributed by atoms with Crippen LogP contribution in [0.25, 0.3) is 5.53 Å². The van der Waals surface area contributed by atoms with Crippen LogP contribution in [0.3, 0.4) is 0 Å². The maximum atomic E-state index is 12.5. The molecule has 0 atom stereocenters. The molecule has 106 valence electrons. The number of hydrogen-bond acceptors (Lipinski definition) is 2. The summed E-state index contributed by atoms with van der Waals surface area (Å²) in [5.41, 5.74) is 10.9. The van der Waals surface area contributed by atoms with E-state index in [2.05, 4.69) is 4.79 Å². The summed E-state index contributed by atoms with van der Waals surface area (Å²) in [7, 11) is 0. The van der Waals surface area contributed by atoms with Gasteiger partial charge in [0.05, 0.1) is 0 Å². The molecule has 4 nitrogen and oxygen atoms in total. The molecule has 0 aliphatic heterocycles. The molecule has 0 unspecified atom stereocenters. The van der Waals surface area contributed by atoms with Crippen LogP contribution in [0.2, 0.25) is 0 Å². The van der Waals surface area contributed by atoms with Crippen LogP contribution in [0, 0.1) is 26.2 Å². The number of ketones is 2. The second-order valence-corrected chi connectivity index (χ2v) is 6.13. The maximum Gasteiger partial charge on any atom is 0.405 e. The number of benzene rings is 1. The van der Waals surface area contributed by atoms with Crippen molar-refractivity contribution in [2.45, 2.75) is 41.5 Å². The Morgan fingerprint density at radius 1 is 1.05 bits per heavy atom. The fraction of sp³-hybridized carbons (Fsp3) is 0.438. The van der Waals surface area contributed by atoms with E-state index in [9.17, 15) is 9.59 Å². The van der Waals surface area contributed by atoms with Gasteiger partial charge in [-0.2, -0.15) is 4.79 Å². The smallest absolute Gasteiger partial charge is 0.360 e. The highest BCUT2D eigenvalue weighted by Crippen LogP contribution is 2.20. The largest absolute Gasteiger partial charge is 0.405 e. The second kappa shape index (κ2) is 5.51. The van der Waals surface area contributed by atoms with Gasteiger partial charge in [-0.05, 0) is 31.9 Å². The first kappa shape index (κ1) is 16.0.